The lowest BCUT2D eigenvalue weighted by Gasteiger charge is -2.14. The Labute approximate surface area is 177 Å². The number of rotatable bonds is 4. The third kappa shape index (κ3) is 3.76. The SMILES string of the molecule is FC(F)(F)c1cccc(-n2cc(-c3ccccc3)c3c(NC4CCCC4)ncnc32)c1. The number of aromatic nitrogens is 3. The van der Waals surface area contributed by atoms with Crippen molar-refractivity contribution in [1.82, 2.24) is 14.5 Å². The minimum absolute atomic E-state index is 0.346. The molecule has 0 saturated heterocycles. The van der Waals surface area contributed by atoms with Crippen LogP contribution in [-0.4, -0.2) is 20.6 Å². The fourth-order valence-corrected chi connectivity index (χ4v) is 4.30. The molecule has 0 atom stereocenters. The Hall–Kier alpha value is -3.35. The van der Waals surface area contributed by atoms with Gasteiger partial charge in [0.25, 0.3) is 0 Å². The van der Waals surface area contributed by atoms with Crippen molar-refractivity contribution in [3.8, 4) is 16.8 Å². The first-order chi connectivity index (χ1) is 15.0. The van der Waals surface area contributed by atoms with Gasteiger partial charge in [-0.15, -0.1) is 0 Å². The standard InChI is InChI=1S/C24H21F3N4/c25-24(26,27)17-9-6-12-19(13-17)31-14-20(16-7-2-1-3-8-16)21-22(28-15-29-23(21)31)30-18-10-4-5-11-18/h1-3,6-9,12-15,18H,4-5,10-11H2,(H,28,29,30). The summed E-state index contributed by atoms with van der Waals surface area (Å²) in [6.07, 6.45) is 3.44. The molecule has 7 heteroatoms. The summed E-state index contributed by atoms with van der Waals surface area (Å²) in [5.74, 6) is 0.724. The number of benzene rings is 2. The Morgan fingerprint density at radius 3 is 2.45 bits per heavy atom. The maximum atomic E-state index is 13.3. The maximum absolute atomic E-state index is 13.3. The second-order valence-corrected chi connectivity index (χ2v) is 7.87. The van der Waals surface area contributed by atoms with E-state index in [2.05, 4.69) is 15.3 Å². The molecule has 0 unspecified atom stereocenters. The summed E-state index contributed by atoms with van der Waals surface area (Å²) in [4.78, 5) is 8.97. The van der Waals surface area contributed by atoms with Gasteiger partial charge in [-0.3, -0.25) is 0 Å². The lowest BCUT2D eigenvalue weighted by molar-refractivity contribution is -0.137. The monoisotopic (exact) mass is 422 g/mol. The Kier molecular flexibility index (Phi) is 4.88. The molecular weight excluding hydrogens is 401 g/mol. The minimum atomic E-state index is -4.41. The molecule has 4 nitrogen and oxygen atoms in total. The Bertz CT molecular complexity index is 1210. The topological polar surface area (TPSA) is 42.7 Å². The normalized spacial score (nSPS) is 14.9. The molecule has 4 aromatic rings. The largest absolute Gasteiger partial charge is 0.416 e. The quantitative estimate of drug-likeness (QED) is 0.410. The fourth-order valence-electron chi connectivity index (χ4n) is 4.30. The van der Waals surface area contributed by atoms with Gasteiger partial charge in [-0.1, -0.05) is 49.2 Å². The van der Waals surface area contributed by atoms with Gasteiger partial charge in [-0.2, -0.15) is 13.2 Å². The van der Waals surface area contributed by atoms with Crippen LogP contribution in [0.2, 0.25) is 0 Å². The van der Waals surface area contributed by atoms with Crippen molar-refractivity contribution in [3.63, 3.8) is 0 Å². The maximum Gasteiger partial charge on any atom is 0.416 e. The van der Waals surface area contributed by atoms with Crippen molar-refractivity contribution in [3.05, 3.63) is 72.7 Å². The molecule has 0 radical (unpaired) electrons. The van der Waals surface area contributed by atoms with Gasteiger partial charge in [-0.05, 0) is 36.6 Å². The molecular formula is C24H21F3N4. The van der Waals surface area contributed by atoms with Crippen LogP contribution in [0.4, 0.5) is 19.0 Å². The van der Waals surface area contributed by atoms with Crippen LogP contribution < -0.4 is 5.32 Å². The van der Waals surface area contributed by atoms with Gasteiger partial charge in [0.15, 0.2) is 5.65 Å². The highest BCUT2D eigenvalue weighted by atomic mass is 19.4. The van der Waals surface area contributed by atoms with Crippen LogP contribution >= 0.6 is 0 Å². The van der Waals surface area contributed by atoms with E-state index in [1.165, 1.54) is 25.2 Å². The Morgan fingerprint density at radius 1 is 0.935 bits per heavy atom. The average Bonchev–Trinajstić information content (AvgIpc) is 3.42. The predicted octanol–water partition coefficient (Wildman–Crippen LogP) is 6.46. The van der Waals surface area contributed by atoms with Crippen LogP contribution in [0, 0.1) is 0 Å². The molecule has 0 spiro atoms. The molecule has 31 heavy (non-hydrogen) atoms. The molecule has 2 aromatic carbocycles. The highest BCUT2D eigenvalue weighted by Gasteiger charge is 2.31. The van der Waals surface area contributed by atoms with Crippen molar-refractivity contribution >= 4 is 16.9 Å². The van der Waals surface area contributed by atoms with Gasteiger partial charge in [0, 0.05) is 23.5 Å². The predicted molar refractivity (Wildman–Crippen MR) is 115 cm³/mol. The first-order valence-corrected chi connectivity index (χ1v) is 10.4. The van der Waals surface area contributed by atoms with E-state index in [-0.39, 0.29) is 0 Å². The van der Waals surface area contributed by atoms with E-state index < -0.39 is 11.7 Å². The number of halogens is 3. The van der Waals surface area contributed by atoms with Gasteiger partial charge in [0.2, 0.25) is 0 Å². The van der Waals surface area contributed by atoms with Crippen LogP contribution in [0.1, 0.15) is 31.2 Å². The first kappa shape index (κ1) is 19.6. The number of hydrogen-bond donors (Lipinski definition) is 1. The second kappa shape index (κ2) is 7.72. The number of anilines is 1. The molecule has 1 N–H and O–H groups in total. The summed E-state index contributed by atoms with van der Waals surface area (Å²) in [5, 5.41) is 4.37. The fraction of sp³-hybridized carbons (Fsp3) is 0.250. The second-order valence-electron chi connectivity index (χ2n) is 7.87. The Balaban J connectivity index is 1.71. The molecule has 0 bridgehead atoms. The summed E-state index contributed by atoms with van der Waals surface area (Å²) in [7, 11) is 0. The Morgan fingerprint density at radius 2 is 1.71 bits per heavy atom. The molecule has 0 aliphatic heterocycles. The van der Waals surface area contributed by atoms with Crippen LogP contribution in [0.25, 0.3) is 27.8 Å². The third-order valence-electron chi connectivity index (χ3n) is 5.82. The molecule has 1 fully saturated rings. The van der Waals surface area contributed by atoms with Crippen LogP contribution in [0.15, 0.2) is 67.1 Å². The minimum Gasteiger partial charge on any atom is -0.367 e. The molecule has 1 aliphatic rings. The van der Waals surface area contributed by atoms with Crippen LogP contribution in [0.3, 0.4) is 0 Å². The highest BCUT2D eigenvalue weighted by molar-refractivity contribution is 6.02. The van der Waals surface area contributed by atoms with E-state index in [0.717, 1.165) is 47.3 Å². The number of nitrogens with zero attached hydrogens (tertiary/aromatic N) is 3. The molecule has 158 valence electrons. The van der Waals surface area contributed by atoms with Crippen molar-refractivity contribution in [1.29, 1.82) is 0 Å². The lowest BCUT2D eigenvalue weighted by atomic mass is 10.1. The van der Waals surface area contributed by atoms with Crippen molar-refractivity contribution in [2.45, 2.75) is 37.9 Å². The molecule has 1 saturated carbocycles. The van der Waals surface area contributed by atoms with Gasteiger partial charge in [0.1, 0.15) is 12.1 Å². The molecule has 2 aromatic heterocycles. The number of fused-ring (bicyclic) bond motifs is 1. The van der Waals surface area contributed by atoms with E-state index in [4.69, 9.17) is 0 Å². The van der Waals surface area contributed by atoms with Crippen molar-refractivity contribution < 1.29 is 13.2 Å². The zero-order valence-electron chi connectivity index (χ0n) is 16.7. The van der Waals surface area contributed by atoms with Gasteiger partial charge in [0.05, 0.1) is 10.9 Å². The summed E-state index contributed by atoms with van der Waals surface area (Å²) in [5.41, 5.74) is 2.14. The molecule has 1 aliphatic carbocycles. The summed E-state index contributed by atoms with van der Waals surface area (Å²) >= 11 is 0. The van der Waals surface area contributed by atoms with Crippen LogP contribution in [-0.2, 0) is 6.18 Å². The summed E-state index contributed by atoms with van der Waals surface area (Å²) in [6, 6.07) is 15.4. The smallest absolute Gasteiger partial charge is 0.367 e. The van der Waals surface area contributed by atoms with Gasteiger partial charge >= 0.3 is 6.18 Å². The number of alkyl halides is 3. The van der Waals surface area contributed by atoms with Crippen molar-refractivity contribution in [2.75, 3.05) is 5.32 Å². The summed E-state index contributed by atoms with van der Waals surface area (Å²) in [6.45, 7) is 0. The first-order valence-electron chi connectivity index (χ1n) is 10.4. The zero-order valence-corrected chi connectivity index (χ0v) is 16.7. The van der Waals surface area contributed by atoms with Gasteiger partial charge in [-0.25, -0.2) is 9.97 Å². The highest BCUT2D eigenvalue weighted by Crippen LogP contribution is 2.37. The number of hydrogen-bond acceptors (Lipinski definition) is 3. The molecule has 5 rings (SSSR count). The molecule has 0 amide bonds. The summed E-state index contributed by atoms with van der Waals surface area (Å²) < 4.78 is 41.7. The van der Waals surface area contributed by atoms with Crippen LogP contribution in [0.5, 0.6) is 0 Å². The van der Waals surface area contributed by atoms with E-state index >= 15 is 0 Å². The third-order valence-corrected chi connectivity index (χ3v) is 5.82. The van der Waals surface area contributed by atoms with E-state index in [1.54, 1.807) is 10.6 Å². The molecule has 2 heterocycles. The lowest BCUT2D eigenvalue weighted by Crippen LogP contribution is -2.16. The zero-order chi connectivity index (χ0) is 21.4. The van der Waals surface area contributed by atoms with E-state index in [1.807, 2.05) is 36.5 Å². The number of nitrogens with one attached hydrogen (secondary N) is 1. The average molecular weight is 422 g/mol. The van der Waals surface area contributed by atoms with Gasteiger partial charge < -0.3 is 9.88 Å². The van der Waals surface area contributed by atoms with Crippen molar-refractivity contribution in [2.24, 2.45) is 0 Å². The van der Waals surface area contributed by atoms with E-state index in [9.17, 15) is 13.2 Å². The van der Waals surface area contributed by atoms with E-state index in [0.29, 0.717) is 17.4 Å².